The van der Waals surface area contributed by atoms with Gasteiger partial charge in [-0.3, -0.25) is 4.79 Å². The molecule has 1 N–H and O–H groups in total. The molecule has 0 atom stereocenters. The van der Waals surface area contributed by atoms with Crippen molar-refractivity contribution in [1.82, 2.24) is 5.32 Å². The van der Waals surface area contributed by atoms with Crippen molar-refractivity contribution in [2.24, 2.45) is 0 Å². The van der Waals surface area contributed by atoms with E-state index >= 15 is 0 Å². The van der Waals surface area contributed by atoms with E-state index in [1.54, 1.807) is 11.8 Å². The average molecular weight is 248 g/mol. The first-order chi connectivity index (χ1) is 7.15. The van der Waals surface area contributed by atoms with E-state index in [4.69, 9.17) is 11.6 Å². The number of hydrogen-bond acceptors (Lipinski definition) is 2. The second kappa shape index (κ2) is 5.98. The maximum Gasteiger partial charge on any atom is 0.254 e. The van der Waals surface area contributed by atoms with Crippen LogP contribution in [-0.4, -0.2) is 24.5 Å². The van der Waals surface area contributed by atoms with Gasteiger partial charge in [0.25, 0.3) is 5.91 Å². The average Bonchev–Trinajstić information content (AvgIpc) is 2.22. The van der Waals surface area contributed by atoms with Crippen LogP contribution in [0.4, 0.5) is 4.39 Å². The van der Waals surface area contributed by atoms with E-state index in [9.17, 15) is 9.18 Å². The highest BCUT2D eigenvalue weighted by atomic mass is 35.5. The fraction of sp³-hybridized carbons (Fsp3) is 0.300. The number of carbonyl (C=O) groups is 1. The van der Waals surface area contributed by atoms with Crippen LogP contribution < -0.4 is 5.32 Å². The molecule has 1 aromatic carbocycles. The van der Waals surface area contributed by atoms with Crippen LogP contribution in [0.1, 0.15) is 10.4 Å². The van der Waals surface area contributed by atoms with Gasteiger partial charge in [-0.2, -0.15) is 11.8 Å². The Bertz CT molecular complexity index is 359. The van der Waals surface area contributed by atoms with Crippen molar-refractivity contribution in [2.45, 2.75) is 0 Å². The quantitative estimate of drug-likeness (QED) is 0.829. The summed E-state index contributed by atoms with van der Waals surface area (Å²) in [6.07, 6.45) is 1.94. The second-order valence-corrected chi connectivity index (χ2v) is 4.29. The Kier molecular flexibility index (Phi) is 4.91. The normalized spacial score (nSPS) is 10.1. The van der Waals surface area contributed by atoms with Crippen LogP contribution in [0.5, 0.6) is 0 Å². The molecule has 0 aliphatic heterocycles. The van der Waals surface area contributed by atoms with E-state index in [1.165, 1.54) is 18.2 Å². The molecular formula is C10H11ClFNOS. The van der Waals surface area contributed by atoms with Gasteiger partial charge in [0.1, 0.15) is 5.82 Å². The Morgan fingerprint density at radius 2 is 2.33 bits per heavy atom. The van der Waals surface area contributed by atoms with E-state index < -0.39 is 11.7 Å². The number of benzene rings is 1. The summed E-state index contributed by atoms with van der Waals surface area (Å²) in [5.74, 6) is -0.182. The summed E-state index contributed by atoms with van der Waals surface area (Å²) in [6.45, 7) is 0.520. The van der Waals surface area contributed by atoms with Crippen molar-refractivity contribution in [3.63, 3.8) is 0 Å². The molecule has 0 radical (unpaired) electrons. The molecule has 2 nitrogen and oxygen atoms in total. The highest BCUT2D eigenvalue weighted by Crippen LogP contribution is 2.14. The van der Waals surface area contributed by atoms with Gasteiger partial charge in [-0.25, -0.2) is 4.39 Å². The van der Waals surface area contributed by atoms with Crippen LogP contribution in [0.25, 0.3) is 0 Å². The van der Waals surface area contributed by atoms with Crippen molar-refractivity contribution in [2.75, 3.05) is 18.6 Å². The fourth-order valence-electron chi connectivity index (χ4n) is 1.03. The van der Waals surface area contributed by atoms with Crippen LogP contribution in [0.3, 0.4) is 0 Å². The van der Waals surface area contributed by atoms with Gasteiger partial charge in [0, 0.05) is 17.3 Å². The zero-order valence-electron chi connectivity index (χ0n) is 8.22. The van der Waals surface area contributed by atoms with E-state index in [0.29, 0.717) is 11.6 Å². The Labute approximate surface area is 97.2 Å². The highest BCUT2D eigenvalue weighted by molar-refractivity contribution is 7.98. The number of amides is 1. The molecule has 0 unspecified atom stereocenters. The molecular weight excluding hydrogens is 237 g/mol. The molecule has 0 aliphatic rings. The molecule has 1 rings (SSSR count). The van der Waals surface area contributed by atoms with Gasteiger partial charge in [-0.1, -0.05) is 11.6 Å². The van der Waals surface area contributed by atoms with Crippen LogP contribution in [0, 0.1) is 5.82 Å². The molecule has 0 aromatic heterocycles. The lowest BCUT2D eigenvalue weighted by atomic mass is 10.2. The largest absolute Gasteiger partial charge is 0.351 e. The van der Waals surface area contributed by atoms with E-state index in [0.717, 1.165) is 5.75 Å². The van der Waals surface area contributed by atoms with Crippen LogP contribution >= 0.6 is 23.4 Å². The Morgan fingerprint density at radius 3 is 3.00 bits per heavy atom. The smallest absolute Gasteiger partial charge is 0.254 e. The summed E-state index contributed by atoms with van der Waals surface area (Å²) in [6, 6.07) is 3.92. The predicted molar refractivity (Wildman–Crippen MR) is 62.1 cm³/mol. The first-order valence-corrected chi connectivity index (χ1v) is 6.14. The molecule has 82 valence electrons. The minimum Gasteiger partial charge on any atom is -0.351 e. The lowest BCUT2D eigenvalue weighted by Crippen LogP contribution is -2.26. The molecule has 15 heavy (non-hydrogen) atoms. The Morgan fingerprint density at radius 1 is 1.60 bits per heavy atom. The maximum absolute atomic E-state index is 13.2. The van der Waals surface area contributed by atoms with Gasteiger partial charge in [0.2, 0.25) is 0 Å². The van der Waals surface area contributed by atoms with Gasteiger partial charge in [0.05, 0.1) is 5.56 Å². The molecule has 0 bridgehead atoms. The summed E-state index contributed by atoms with van der Waals surface area (Å²) in [5.41, 5.74) is -0.0106. The van der Waals surface area contributed by atoms with Crippen molar-refractivity contribution < 1.29 is 9.18 Å². The van der Waals surface area contributed by atoms with Crippen molar-refractivity contribution in [1.29, 1.82) is 0 Å². The van der Waals surface area contributed by atoms with Crippen LogP contribution in [-0.2, 0) is 0 Å². The summed E-state index contributed by atoms with van der Waals surface area (Å²) in [5, 5.41) is 2.96. The zero-order chi connectivity index (χ0) is 11.3. The standard InChI is InChI=1S/C10H11ClFNOS/c1-15-5-4-13-10(14)8-6-7(11)2-3-9(8)12/h2-3,6H,4-5H2,1H3,(H,13,14). The van der Waals surface area contributed by atoms with Crippen LogP contribution in [0.15, 0.2) is 18.2 Å². The van der Waals surface area contributed by atoms with Gasteiger partial charge < -0.3 is 5.32 Å². The molecule has 0 heterocycles. The summed E-state index contributed by atoms with van der Waals surface area (Å²) in [7, 11) is 0. The predicted octanol–water partition coefficient (Wildman–Crippen LogP) is 2.57. The molecule has 0 saturated carbocycles. The molecule has 5 heteroatoms. The van der Waals surface area contributed by atoms with E-state index in [1.807, 2.05) is 6.26 Å². The van der Waals surface area contributed by atoms with Gasteiger partial charge in [-0.15, -0.1) is 0 Å². The molecule has 0 aliphatic carbocycles. The fourth-order valence-corrected chi connectivity index (χ4v) is 1.51. The van der Waals surface area contributed by atoms with Gasteiger partial charge in [0.15, 0.2) is 0 Å². The molecule has 1 amide bonds. The van der Waals surface area contributed by atoms with Gasteiger partial charge in [-0.05, 0) is 24.5 Å². The topological polar surface area (TPSA) is 29.1 Å². The lowest BCUT2D eigenvalue weighted by Gasteiger charge is -2.05. The van der Waals surface area contributed by atoms with E-state index in [2.05, 4.69) is 5.32 Å². The Hall–Kier alpha value is -0.740. The second-order valence-electron chi connectivity index (χ2n) is 2.87. The number of hydrogen-bond donors (Lipinski definition) is 1. The van der Waals surface area contributed by atoms with Gasteiger partial charge >= 0.3 is 0 Å². The summed E-state index contributed by atoms with van der Waals surface area (Å²) >= 11 is 7.28. The first-order valence-electron chi connectivity index (χ1n) is 4.37. The minimum absolute atomic E-state index is 0.0106. The number of rotatable bonds is 4. The lowest BCUT2D eigenvalue weighted by molar-refractivity contribution is 0.0952. The highest BCUT2D eigenvalue weighted by Gasteiger charge is 2.11. The van der Waals surface area contributed by atoms with Crippen LogP contribution in [0.2, 0.25) is 5.02 Å². The first kappa shape index (κ1) is 12.3. The number of nitrogens with one attached hydrogen (secondary N) is 1. The van der Waals surface area contributed by atoms with Crippen molar-refractivity contribution >= 4 is 29.3 Å². The minimum atomic E-state index is -0.555. The molecule has 1 aromatic rings. The third-order valence-corrected chi connectivity index (χ3v) is 2.61. The third-order valence-electron chi connectivity index (χ3n) is 1.76. The van der Waals surface area contributed by atoms with E-state index in [-0.39, 0.29) is 5.56 Å². The zero-order valence-corrected chi connectivity index (χ0v) is 9.79. The van der Waals surface area contributed by atoms with Crippen molar-refractivity contribution in [3.8, 4) is 0 Å². The number of carbonyl (C=O) groups excluding carboxylic acids is 1. The number of thioether (sulfide) groups is 1. The summed E-state index contributed by atoms with van der Waals surface area (Å²) in [4.78, 5) is 11.5. The summed E-state index contributed by atoms with van der Waals surface area (Å²) < 4.78 is 13.2. The molecule has 0 spiro atoms. The third kappa shape index (κ3) is 3.72. The molecule has 0 saturated heterocycles. The number of halogens is 2. The SMILES string of the molecule is CSCCNC(=O)c1cc(Cl)ccc1F. The maximum atomic E-state index is 13.2. The van der Waals surface area contributed by atoms with Crippen molar-refractivity contribution in [3.05, 3.63) is 34.6 Å². The molecule has 0 fully saturated rings. The Balaban J connectivity index is 2.68. The monoisotopic (exact) mass is 247 g/mol.